The number of alkyl halides is 3. The van der Waals surface area contributed by atoms with Gasteiger partial charge in [-0.3, -0.25) is 4.79 Å². The molecule has 1 saturated heterocycles. The van der Waals surface area contributed by atoms with Gasteiger partial charge in [-0.1, -0.05) is 26.0 Å². The number of anilines is 1. The number of rotatable bonds is 6. The van der Waals surface area contributed by atoms with E-state index < -0.39 is 12.0 Å². The number of halogens is 3. The van der Waals surface area contributed by atoms with Crippen LogP contribution in [0.2, 0.25) is 0 Å². The Morgan fingerprint density at radius 1 is 1.09 bits per heavy atom. The van der Waals surface area contributed by atoms with Gasteiger partial charge in [-0.25, -0.2) is 0 Å². The predicted molar refractivity (Wildman–Crippen MR) is 119 cm³/mol. The van der Waals surface area contributed by atoms with Crippen molar-refractivity contribution in [1.82, 2.24) is 25.1 Å². The lowest BCUT2D eigenvalue weighted by molar-refractivity contribution is -0.146. The highest BCUT2D eigenvalue weighted by atomic mass is 19.4. The Balaban J connectivity index is 1.41. The molecule has 0 saturated carbocycles. The smallest absolute Gasteiger partial charge is 0.453 e. The molecular weight excluding hydrogens is 449 g/mol. The Bertz CT molecular complexity index is 1140. The Morgan fingerprint density at radius 2 is 1.76 bits per heavy atom. The zero-order valence-electron chi connectivity index (χ0n) is 19.2. The number of carbonyl (C=O) groups excluding carboxylic acids is 1. The summed E-state index contributed by atoms with van der Waals surface area (Å²) in [6, 6.07) is 10.6. The molecule has 1 aliphatic heterocycles. The average molecular weight is 477 g/mol. The van der Waals surface area contributed by atoms with Gasteiger partial charge in [0.2, 0.25) is 5.91 Å². The number of hydrogen-bond donors (Lipinski definition) is 1. The summed E-state index contributed by atoms with van der Waals surface area (Å²) in [6.45, 7) is 5.13. The normalized spacial score (nSPS) is 16.1. The molecule has 34 heavy (non-hydrogen) atoms. The molecule has 0 bridgehead atoms. The minimum atomic E-state index is -4.65. The van der Waals surface area contributed by atoms with Crippen molar-refractivity contribution in [2.24, 2.45) is 11.8 Å². The van der Waals surface area contributed by atoms with Crippen LogP contribution in [-0.2, 0) is 11.0 Å². The second kappa shape index (κ2) is 9.47. The van der Waals surface area contributed by atoms with Gasteiger partial charge in [-0.05, 0) is 48.6 Å². The van der Waals surface area contributed by atoms with E-state index in [1.807, 2.05) is 29.2 Å². The van der Waals surface area contributed by atoms with Crippen molar-refractivity contribution < 1.29 is 22.7 Å². The quantitative estimate of drug-likeness (QED) is 0.581. The fraction of sp³-hybridized carbons (Fsp3) is 0.478. The van der Waals surface area contributed by atoms with Crippen LogP contribution in [0.25, 0.3) is 5.65 Å². The summed E-state index contributed by atoms with van der Waals surface area (Å²) < 4.78 is 45.4. The number of benzene rings is 1. The molecule has 182 valence electrons. The van der Waals surface area contributed by atoms with Crippen molar-refractivity contribution in [2.75, 3.05) is 25.1 Å². The summed E-state index contributed by atoms with van der Waals surface area (Å²) in [6.07, 6.45) is -3.49. The largest absolute Gasteiger partial charge is 0.497 e. The molecule has 1 N–H and O–H groups in total. The molecule has 0 spiro atoms. The summed E-state index contributed by atoms with van der Waals surface area (Å²) in [7, 11) is 1.61. The second-order valence-electron chi connectivity index (χ2n) is 8.75. The number of hydrogen-bond acceptors (Lipinski definition) is 6. The van der Waals surface area contributed by atoms with Crippen molar-refractivity contribution in [3.05, 3.63) is 47.8 Å². The Labute approximate surface area is 195 Å². The first-order chi connectivity index (χ1) is 16.2. The van der Waals surface area contributed by atoms with Crippen molar-refractivity contribution >= 4 is 17.4 Å². The fourth-order valence-electron chi connectivity index (χ4n) is 4.21. The van der Waals surface area contributed by atoms with Crippen LogP contribution in [-0.4, -0.2) is 45.9 Å². The van der Waals surface area contributed by atoms with Crippen LogP contribution in [0.3, 0.4) is 0 Å². The second-order valence-corrected chi connectivity index (χ2v) is 8.75. The molecule has 3 heterocycles. The van der Waals surface area contributed by atoms with Crippen LogP contribution < -0.4 is 15.0 Å². The van der Waals surface area contributed by atoms with E-state index in [0.717, 1.165) is 15.8 Å². The topological polar surface area (TPSA) is 84.6 Å². The number of ether oxygens (including phenoxy) is 1. The summed E-state index contributed by atoms with van der Waals surface area (Å²) in [4.78, 5) is 14.9. The predicted octanol–water partition coefficient (Wildman–Crippen LogP) is 3.88. The van der Waals surface area contributed by atoms with Gasteiger partial charge in [0, 0.05) is 19.0 Å². The highest BCUT2D eigenvalue weighted by molar-refractivity contribution is 5.79. The van der Waals surface area contributed by atoms with Crippen molar-refractivity contribution in [2.45, 2.75) is 38.9 Å². The molecule has 2 aromatic heterocycles. The number of methoxy groups -OCH3 is 1. The third-order valence-electron chi connectivity index (χ3n) is 6.13. The fourth-order valence-corrected chi connectivity index (χ4v) is 4.21. The first-order valence-electron chi connectivity index (χ1n) is 11.2. The highest BCUT2D eigenvalue weighted by Gasteiger charge is 2.38. The summed E-state index contributed by atoms with van der Waals surface area (Å²) in [5, 5.41) is 14.0. The van der Waals surface area contributed by atoms with Crippen LogP contribution in [0.1, 0.15) is 44.1 Å². The van der Waals surface area contributed by atoms with Crippen LogP contribution in [0.4, 0.5) is 19.0 Å². The van der Waals surface area contributed by atoms with E-state index in [1.54, 1.807) is 13.2 Å². The van der Waals surface area contributed by atoms with Gasteiger partial charge in [0.1, 0.15) is 11.6 Å². The van der Waals surface area contributed by atoms with E-state index >= 15 is 0 Å². The molecule has 0 radical (unpaired) electrons. The lowest BCUT2D eigenvalue weighted by Gasteiger charge is -2.33. The minimum Gasteiger partial charge on any atom is -0.497 e. The molecule has 1 aromatic carbocycles. The van der Waals surface area contributed by atoms with Gasteiger partial charge in [0.15, 0.2) is 5.65 Å². The van der Waals surface area contributed by atoms with Crippen molar-refractivity contribution in [3.63, 3.8) is 0 Å². The molecule has 1 fully saturated rings. The average Bonchev–Trinajstić information content (AvgIpc) is 3.26. The SMILES string of the molecule is COc1ccc([C@@H](NC(=O)C2CCN(c3ccc4nnc(C(F)(F)F)n4n3)CC2)C(C)C)cc1. The van der Waals surface area contributed by atoms with E-state index in [9.17, 15) is 18.0 Å². The monoisotopic (exact) mass is 476 g/mol. The molecule has 0 aliphatic carbocycles. The summed E-state index contributed by atoms with van der Waals surface area (Å²) in [5.74, 6) is -0.00625. The van der Waals surface area contributed by atoms with Gasteiger partial charge < -0.3 is 15.0 Å². The number of nitrogens with one attached hydrogen (secondary N) is 1. The van der Waals surface area contributed by atoms with Gasteiger partial charge in [-0.2, -0.15) is 17.7 Å². The van der Waals surface area contributed by atoms with E-state index in [1.165, 1.54) is 6.07 Å². The molecule has 11 heteroatoms. The molecule has 3 aromatic rings. The van der Waals surface area contributed by atoms with Crippen LogP contribution >= 0.6 is 0 Å². The van der Waals surface area contributed by atoms with Gasteiger partial charge >= 0.3 is 6.18 Å². The van der Waals surface area contributed by atoms with E-state index in [4.69, 9.17) is 4.74 Å². The maximum atomic E-state index is 13.2. The molecule has 1 atom stereocenters. The van der Waals surface area contributed by atoms with Crippen LogP contribution in [0, 0.1) is 11.8 Å². The molecule has 1 amide bonds. The van der Waals surface area contributed by atoms with Crippen molar-refractivity contribution in [3.8, 4) is 5.75 Å². The Hall–Kier alpha value is -3.37. The highest BCUT2D eigenvalue weighted by Crippen LogP contribution is 2.29. The number of nitrogens with zero attached hydrogens (tertiary/aromatic N) is 5. The third kappa shape index (κ3) is 4.92. The van der Waals surface area contributed by atoms with E-state index in [2.05, 4.69) is 34.5 Å². The van der Waals surface area contributed by atoms with Gasteiger partial charge in [0.25, 0.3) is 5.82 Å². The van der Waals surface area contributed by atoms with Gasteiger partial charge in [0.05, 0.1) is 13.2 Å². The van der Waals surface area contributed by atoms with Crippen LogP contribution in [0.15, 0.2) is 36.4 Å². The number of fused-ring (bicyclic) bond motifs is 1. The lowest BCUT2D eigenvalue weighted by Crippen LogP contribution is -2.42. The standard InChI is InChI=1S/C23H27F3N6O2/c1-14(2)20(15-4-6-17(34-3)7-5-15)27-21(33)16-10-12-31(13-11-16)19-9-8-18-28-29-22(23(24,25)26)32(18)30-19/h4-9,14,16,20H,10-13H2,1-3H3,(H,27,33)/t20-/m0/s1. The first kappa shape index (κ1) is 23.8. The molecule has 4 rings (SSSR count). The van der Waals surface area contributed by atoms with E-state index in [-0.39, 0.29) is 29.4 Å². The molecule has 8 nitrogen and oxygen atoms in total. The summed E-state index contributed by atoms with van der Waals surface area (Å²) in [5.41, 5.74) is 1.04. The first-order valence-corrected chi connectivity index (χ1v) is 11.2. The summed E-state index contributed by atoms with van der Waals surface area (Å²) >= 11 is 0. The number of aromatic nitrogens is 4. The lowest BCUT2D eigenvalue weighted by atomic mass is 9.92. The molecular formula is C23H27F3N6O2. The minimum absolute atomic E-state index is 0.0178. The molecule has 0 unspecified atom stereocenters. The number of piperidine rings is 1. The van der Waals surface area contributed by atoms with E-state index in [0.29, 0.717) is 31.7 Å². The zero-order chi connectivity index (χ0) is 24.5. The third-order valence-corrected chi connectivity index (χ3v) is 6.13. The van der Waals surface area contributed by atoms with Gasteiger partial charge in [-0.15, -0.1) is 15.3 Å². The maximum Gasteiger partial charge on any atom is 0.453 e. The number of carbonyl (C=O) groups is 1. The maximum absolute atomic E-state index is 13.2. The molecule has 1 aliphatic rings. The Kier molecular flexibility index (Phi) is 6.63. The van der Waals surface area contributed by atoms with Crippen LogP contribution in [0.5, 0.6) is 5.75 Å². The number of amides is 1. The zero-order valence-corrected chi connectivity index (χ0v) is 19.2. The van der Waals surface area contributed by atoms with Crippen molar-refractivity contribution in [1.29, 1.82) is 0 Å². The Morgan fingerprint density at radius 3 is 2.35 bits per heavy atom.